The van der Waals surface area contributed by atoms with Crippen molar-refractivity contribution in [2.24, 2.45) is 7.05 Å². The normalized spacial score (nSPS) is 14.3. The fraction of sp³-hybridized carbons (Fsp3) is 0.600. The largest absolute Gasteiger partial charge is 0.383 e. The average molecular weight is 258 g/mol. The van der Waals surface area contributed by atoms with Crippen molar-refractivity contribution in [1.29, 1.82) is 0 Å². The Morgan fingerprint density at radius 2 is 2.35 bits per heavy atom. The van der Waals surface area contributed by atoms with Crippen LogP contribution in [0.15, 0.2) is 6.20 Å². The number of anilines is 1. The lowest BCUT2D eigenvalue weighted by atomic mass is 10.2. The summed E-state index contributed by atoms with van der Waals surface area (Å²) in [5.74, 6) is 0.669. The van der Waals surface area contributed by atoms with E-state index in [2.05, 4.69) is 10.4 Å². The second kappa shape index (κ2) is 5.81. The van der Waals surface area contributed by atoms with Crippen LogP contribution in [0, 0.1) is 0 Å². The Kier molecular flexibility index (Phi) is 4.68. The zero-order valence-electron chi connectivity index (χ0n) is 10.3. The van der Waals surface area contributed by atoms with Gasteiger partial charge < -0.3 is 11.1 Å². The first-order valence-electron chi connectivity index (χ1n) is 5.30. The Morgan fingerprint density at radius 3 is 2.82 bits per heavy atom. The molecule has 7 heteroatoms. The van der Waals surface area contributed by atoms with Gasteiger partial charge in [0, 0.05) is 35.9 Å². The fourth-order valence-corrected chi connectivity index (χ4v) is 2.02. The van der Waals surface area contributed by atoms with Crippen molar-refractivity contribution < 1.29 is 9.00 Å². The fourth-order valence-electron chi connectivity index (χ4n) is 1.34. The summed E-state index contributed by atoms with van der Waals surface area (Å²) in [7, 11) is 0.838. The number of nitrogens with one attached hydrogen (secondary N) is 1. The van der Waals surface area contributed by atoms with Crippen LogP contribution in [-0.2, 0) is 17.8 Å². The molecule has 0 bridgehead atoms. The van der Waals surface area contributed by atoms with E-state index in [9.17, 15) is 9.00 Å². The Hall–Kier alpha value is -1.37. The molecular formula is C10H18N4O2S. The van der Waals surface area contributed by atoms with Crippen molar-refractivity contribution in [3.05, 3.63) is 11.8 Å². The van der Waals surface area contributed by atoms with E-state index in [1.807, 2.05) is 6.92 Å². The highest BCUT2D eigenvalue weighted by molar-refractivity contribution is 7.84. The third-order valence-electron chi connectivity index (χ3n) is 2.45. The molecule has 0 radical (unpaired) electrons. The highest BCUT2D eigenvalue weighted by atomic mass is 32.2. The minimum absolute atomic E-state index is 0.0361. The van der Waals surface area contributed by atoms with Crippen molar-refractivity contribution >= 4 is 22.5 Å². The maximum Gasteiger partial charge on any atom is 0.256 e. The summed E-state index contributed by atoms with van der Waals surface area (Å²) in [6.07, 6.45) is 3.76. The first-order valence-corrected chi connectivity index (χ1v) is 7.03. The molecular weight excluding hydrogens is 240 g/mol. The molecule has 1 rings (SSSR count). The Balaban J connectivity index is 2.55. The van der Waals surface area contributed by atoms with E-state index >= 15 is 0 Å². The van der Waals surface area contributed by atoms with Crippen molar-refractivity contribution in [1.82, 2.24) is 15.1 Å². The smallest absolute Gasteiger partial charge is 0.256 e. The molecule has 2 unspecified atom stereocenters. The van der Waals surface area contributed by atoms with Gasteiger partial charge in [0.05, 0.1) is 6.20 Å². The standard InChI is InChI=1S/C10H18N4O2S/c1-7(4-5-17(3)16)13-10(15)8-6-12-14(2)9(8)11/h6-7H,4-5,11H2,1-3H3,(H,13,15). The van der Waals surface area contributed by atoms with E-state index in [1.54, 1.807) is 13.3 Å². The quantitative estimate of drug-likeness (QED) is 0.771. The first-order chi connectivity index (χ1) is 7.91. The molecule has 1 heterocycles. The van der Waals surface area contributed by atoms with Crippen LogP contribution in [0.5, 0.6) is 0 Å². The van der Waals surface area contributed by atoms with Crippen molar-refractivity contribution in [2.75, 3.05) is 17.7 Å². The monoisotopic (exact) mass is 258 g/mol. The molecule has 2 atom stereocenters. The van der Waals surface area contributed by atoms with Gasteiger partial charge in [0.25, 0.3) is 5.91 Å². The van der Waals surface area contributed by atoms with Gasteiger partial charge in [-0.05, 0) is 13.3 Å². The Bertz CT molecular complexity index is 430. The second-order valence-electron chi connectivity index (χ2n) is 4.01. The van der Waals surface area contributed by atoms with Crippen LogP contribution in [0.2, 0.25) is 0 Å². The molecule has 0 saturated heterocycles. The molecule has 0 aliphatic rings. The van der Waals surface area contributed by atoms with Gasteiger partial charge >= 0.3 is 0 Å². The summed E-state index contributed by atoms with van der Waals surface area (Å²) < 4.78 is 12.4. The van der Waals surface area contributed by atoms with Crippen LogP contribution < -0.4 is 11.1 Å². The van der Waals surface area contributed by atoms with E-state index in [1.165, 1.54) is 10.9 Å². The van der Waals surface area contributed by atoms with E-state index < -0.39 is 10.8 Å². The first kappa shape index (κ1) is 13.7. The van der Waals surface area contributed by atoms with Gasteiger partial charge in [-0.15, -0.1) is 0 Å². The number of rotatable bonds is 5. The molecule has 1 amide bonds. The average Bonchev–Trinajstić information content (AvgIpc) is 2.57. The van der Waals surface area contributed by atoms with Gasteiger partial charge in [0.1, 0.15) is 11.4 Å². The molecule has 0 aliphatic heterocycles. The molecule has 1 aromatic rings. The van der Waals surface area contributed by atoms with Crippen molar-refractivity contribution in [3.8, 4) is 0 Å². The van der Waals surface area contributed by atoms with Gasteiger partial charge in [-0.25, -0.2) is 0 Å². The van der Waals surface area contributed by atoms with Crippen LogP contribution >= 0.6 is 0 Å². The number of nitrogen functional groups attached to an aromatic ring is 1. The third-order valence-corrected chi connectivity index (χ3v) is 3.26. The lowest BCUT2D eigenvalue weighted by Gasteiger charge is -2.12. The second-order valence-corrected chi connectivity index (χ2v) is 5.56. The van der Waals surface area contributed by atoms with Gasteiger partial charge in [-0.2, -0.15) is 5.10 Å². The lowest BCUT2D eigenvalue weighted by molar-refractivity contribution is 0.0940. The number of carbonyl (C=O) groups is 1. The molecule has 0 aromatic carbocycles. The lowest BCUT2D eigenvalue weighted by Crippen LogP contribution is -2.33. The molecule has 0 spiro atoms. The zero-order chi connectivity index (χ0) is 13.0. The van der Waals surface area contributed by atoms with Crippen LogP contribution in [0.3, 0.4) is 0 Å². The number of hydrogen-bond acceptors (Lipinski definition) is 4. The van der Waals surface area contributed by atoms with Crippen LogP contribution in [-0.4, -0.2) is 37.9 Å². The molecule has 1 aromatic heterocycles. The minimum Gasteiger partial charge on any atom is -0.383 e. The summed E-state index contributed by atoms with van der Waals surface area (Å²) in [5, 5.41) is 6.70. The number of carbonyl (C=O) groups excluding carboxylic acids is 1. The SMILES string of the molecule is CC(CCS(C)=O)NC(=O)c1cnn(C)c1N. The minimum atomic E-state index is -0.838. The molecule has 96 valence electrons. The Morgan fingerprint density at radius 1 is 1.71 bits per heavy atom. The van der Waals surface area contributed by atoms with Crippen molar-refractivity contribution in [3.63, 3.8) is 0 Å². The van der Waals surface area contributed by atoms with Gasteiger partial charge in [0.2, 0.25) is 0 Å². The summed E-state index contributed by atoms with van der Waals surface area (Å²) in [4.78, 5) is 11.8. The van der Waals surface area contributed by atoms with Crippen LogP contribution in [0.25, 0.3) is 0 Å². The number of nitrogens with zero attached hydrogens (tertiary/aromatic N) is 2. The Labute approximate surface area is 103 Å². The molecule has 0 saturated carbocycles. The molecule has 0 fully saturated rings. The topological polar surface area (TPSA) is 90.0 Å². The molecule has 17 heavy (non-hydrogen) atoms. The highest BCUT2D eigenvalue weighted by Crippen LogP contribution is 2.09. The maximum absolute atomic E-state index is 11.8. The van der Waals surface area contributed by atoms with Crippen LogP contribution in [0.4, 0.5) is 5.82 Å². The number of nitrogens with two attached hydrogens (primary N) is 1. The summed E-state index contributed by atoms with van der Waals surface area (Å²) in [6.45, 7) is 1.87. The van der Waals surface area contributed by atoms with E-state index in [0.717, 1.165) is 0 Å². The third kappa shape index (κ3) is 3.85. The summed E-state index contributed by atoms with van der Waals surface area (Å²) >= 11 is 0. The summed E-state index contributed by atoms with van der Waals surface area (Å²) in [5.41, 5.74) is 6.06. The zero-order valence-corrected chi connectivity index (χ0v) is 11.1. The predicted octanol–water partition coefficient (Wildman–Crippen LogP) is -0.111. The predicted molar refractivity (Wildman–Crippen MR) is 68.1 cm³/mol. The van der Waals surface area contributed by atoms with Gasteiger partial charge in [-0.3, -0.25) is 13.7 Å². The number of amides is 1. The van der Waals surface area contributed by atoms with E-state index in [4.69, 9.17) is 5.73 Å². The van der Waals surface area contributed by atoms with E-state index in [-0.39, 0.29) is 11.9 Å². The van der Waals surface area contributed by atoms with Gasteiger partial charge in [-0.1, -0.05) is 0 Å². The number of aryl methyl sites for hydroxylation is 1. The molecule has 0 aliphatic carbocycles. The molecule has 3 N–H and O–H groups in total. The number of aromatic nitrogens is 2. The highest BCUT2D eigenvalue weighted by Gasteiger charge is 2.15. The molecule has 6 nitrogen and oxygen atoms in total. The van der Waals surface area contributed by atoms with E-state index in [0.29, 0.717) is 23.6 Å². The van der Waals surface area contributed by atoms with Crippen molar-refractivity contribution in [2.45, 2.75) is 19.4 Å². The summed E-state index contributed by atoms with van der Waals surface area (Å²) in [6, 6.07) is -0.0361. The number of hydrogen-bond donors (Lipinski definition) is 2. The van der Waals surface area contributed by atoms with Gasteiger partial charge in [0.15, 0.2) is 0 Å². The van der Waals surface area contributed by atoms with Crippen LogP contribution in [0.1, 0.15) is 23.7 Å². The maximum atomic E-state index is 11.8.